The van der Waals surface area contributed by atoms with E-state index in [4.69, 9.17) is 5.84 Å². The molecule has 1 heterocycles. The Balaban J connectivity index is 1.99. The van der Waals surface area contributed by atoms with Gasteiger partial charge in [0.15, 0.2) is 0 Å². The molecule has 0 saturated heterocycles. The second kappa shape index (κ2) is 4.94. The minimum Gasteiger partial charge on any atom is -0.348 e. The SMILES string of the molecule is CC1(C)CCC(NC(=O)c2cc(NN)ccn2)C1. The zero-order chi connectivity index (χ0) is 13.2. The standard InChI is InChI=1S/C13H20N4O/c1-13(2)5-3-10(8-13)16-12(18)11-7-9(17-14)4-6-15-11/h4,6-7,10H,3,5,8,14H2,1-2H3,(H,15,17)(H,16,18). The van der Waals surface area contributed by atoms with Gasteiger partial charge in [-0.2, -0.15) is 0 Å². The van der Waals surface area contributed by atoms with Gasteiger partial charge < -0.3 is 10.7 Å². The number of hydrogen-bond donors (Lipinski definition) is 3. The van der Waals surface area contributed by atoms with Crippen LogP contribution in [0.3, 0.4) is 0 Å². The quantitative estimate of drug-likeness (QED) is 0.561. The molecule has 4 N–H and O–H groups in total. The number of hydrogen-bond acceptors (Lipinski definition) is 4. The van der Waals surface area contributed by atoms with Crippen LogP contribution in [0.25, 0.3) is 0 Å². The van der Waals surface area contributed by atoms with E-state index >= 15 is 0 Å². The number of nitrogen functional groups attached to an aromatic ring is 1. The molecule has 5 heteroatoms. The molecule has 98 valence electrons. The highest BCUT2D eigenvalue weighted by molar-refractivity contribution is 5.93. The van der Waals surface area contributed by atoms with Crippen LogP contribution in [0.15, 0.2) is 18.3 Å². The first-order chi connectivity index (χ1) is 8.50. The Morgan fingerprint density at radius 3 is 2.94 bits per heavy atom. The van der Waals surface area contributed by atoms with Crippen molar-refractivity contribution >= 4 is 11.6 Å². The van der Waals surface area contributed by atoms with Crippen LogP contribution >= 0.6 is 0 Å². The third-order valence-corrected chi connectivity index (χ3v) is 3.46. The molecule has 1 fully saturated rings. The molecule has 0 spiro atoms. The molecule has 1 aliphatic rings. The lowest BCUT2D eigenvalue weighted by molar-refractivity contribution is 0.0931. The lowest BCUT2D eigenvalue weighted by Crippen LogP contribution is -2.34. The van der Waals surface area contributed by atoms with Crippen molar-refractivity contribution in [2.45, 2.75) is 39.2 Å². The highest BCUT2D eigenvalue weighted by atomic mass is 16.1. The molecule has 18 heavy (non-hydrogen) atoms. The molecule has 2 rings (SSSR count). The summed E-state index contributed by atoms with van der Waals surface area (Å²) in [5.74, 6) is 5.18. The molecule has 0 radical (unpaired) electrons. The van der Waals surface area contributed by atoms with Gasteiger partial charge in [0.05, 0.1) is 5.69 Å². The average Bonchev–Trinajstić information content (AvgIpc) is 2.68. The number of anilines is 1. The summed E-state index contributed by atoms with van der Waals surface area (Å²) >= 11 is 0. The summed E-state index contributed by atoms with van der Waals surface area (Å²) in [5.41, 5.74) is 3.91. The van der Waals surface area contributed by atoms with E-state index in [0.29, 0.717) is 16.8 Å². The molecular formula is C13H20N4O. The van der Waals surface area contributed by atoms with Crippen LogP contribution in [-0.4, -0.2) is 16.9 Å². The first-order valence-corrected chi connectivity index (χ1v) is 6.24. The van der Waals surface area contributed by atoms with Crippen molar-refractivity contribution in [3.63, 3.8) is 0 Å². The maximum atomic E-state index is 12.0. The van der Waals surface area contributed by atoms with Crippen LogP contribution in [0.5, 0.6) is 0 Å². The van der Waals surface area contributed by atoms with Crippen molar-refractivity contribution in [2.75, 3.05) is 5.43 Å². The average molecular weight is 248 g/mol. The van der Waals surface area contributed by atoms with Crippen molar-refractivity contribution in [3.05, 3.63) is 24.0 Å². The summed E-state index contributed by atoms with van der Waals surface area (Å²) < 4.78 is 0. The van der Waals surface area contributed by atoms with Gasteiger partial charge in [-0.05, 0) is 36.8 Å². The van der Waals surface area contributed by atoms with Crippen molar-refractivity contribution in [2.24, 2.45) is 11.3 Å². The Labute approximate surface area is 107 Å². The van der Waals surface area contributed by atoms with Crippen molar-refractivity contribution in [1.29, 1.82) is 0 Å². The van der Waals surface area contributed by atoms with E-state index in [9.17, 15) is 4.79 Å². The summed E-state index contributed by atoms with van der Waals surface area (Å²) in [6.45, 7) is 4.47. The van der Waals surface area contributed by atoms with Crippen LogP contribution in [0.2, 0.25) is 0 Å². The maximum Gasteiger partial charge on any atom is 0.270 e. The van der Waals surface area contributed by atoms with E-state index in [2.05, 4.69) is 29.6 Å². The molecule has 1 unspecified atom stereocenters. The number of carbonyl (C=O) groups is 1. The van der Waals surface area contributed by atoms with Crippen LogP contribution in [0.4, 0.5) is 5.69 Å². The van der Waals surface area contributed by atoms with Gasteiger partial charge in [-0.3, -0.25) is 15.6 Å². The molecule has 0 aliphatic heterocycles. The molecular weight excluding hydrogens is 228 g/mol. The molecule has 0 bridgehead atoms. The number of pyridine rings is 1. The fourth-order valence-electron chi connectivity index (χ4n) is 2.46. The van der Waals surface area contributed by atoms with Gasteiger partial charge >= 0.3 is 0 Å². The van der Waals surface area contributed by atoms with E-state index in [0.717, 1.165) is 19.3 Å². The first-order valence-electron chi connectivity index (χ1n) is 6.24. The van der Waals surface area contributed by atoms with E-state index in [1.807, 2.05) is 0 Å². The van der Waals surface area contributed by atoms with E-state index in [1.165, 1.54) is 0 Å². The first kappa shape index (κ1) is 12.8. The number of nitrogens with one attached hydrogen (secondary N) is 2. The number of aromatic nitrogens is 1. The third-order valence-electron chi connectivity index (χ3n) is 3.46. The molecule has 1 atom stereocenters. The number of nitrogens with zero attached hydrogens (tertiary/aromatic N) is 1. The number of carbonyl (C=O) groups excluding carboxylic acids is 1. The highest BCUT2D eigenvalue weighted by Gasteiger charge is 2.31. The molecule has 5 nitrogen and oxygen atoms in total. The summed E-state index contributed by atoms with van der Waals surface area (Å²) in [6, 6.07) is 3.62. The monoisotopic (exact) mass is 248 g/mol. The summed E-state index contributed by atoms with van der Waals surface area (Å²) in [7, 11) is 0. The lowest BCUT2D eigenvalue weighted by Gasteiger charge is -2.17. The predicted octanol–water partition coefficient (Wildman–Crippen LogP) is 1.68. The second-order valence-corrected chi connectivity index (χ2v) is 5.65. The lowest BCUT2D eigenvalue weighted by atomic mass is 9.92. The van der Waals surface area contributed by atoms with Crippen LogP contribution in [-0.2, 0) is 0 Å². The Bertz CT molecular complexity index is 444. The minimum atomic E-state index is -0.130. The third kappa shape index (κ3) is 2.98. The Morgan fingerprint density at radius 1 is 1.56 bits per heavy atom. The Hall–Kier alpha value is -1.62. The largest absolute Gasteiger partial charge is 0.348 e. The van der Waals surface area contributed by atoms with Gasteiger partial charge in [0.1, 0.15) is 5.69 Å². The smallest absolute Gasteiger partial charge is 0.270 e. The van der Waals surface area contributed by atoms with Crippen LogP contribution < -0.4 is 16.6 Å². The van der Waals surface area contributed by atoms with E-state index in [-0.39, 0.29) is 11.9 Å². The summed E-state index contributed by atoms with van der Waals surface area (Å²) in [5, 5.41) is 3.03. The van der Waals surface area contributed by atoms with Crippen molar-refractivity contribution in [1.82, 2.24) is 10.3 Å². The summed E-state index contributed by atoms with van der Waals surface area (Å²) in [4.78, 5) is 16.1. The second-order valence-electron chi connectivity index (χ2n) is 5.65. The fourth-order valence-corrected chi connectivity index (χ4v) is 2.46. The van der Waals surface area contributed by atoms with Gasteiger partial charge in [0.25, 0.3) is 5.91 Å². The van der Waals surface area contributed by atoms with Gasteiger partial charge in [-0.1, -0.05) is 13.8 Å². The maximum absolute atomic E-state index is 12.0. The summed E-state index contributed by atoms with van der Waals surface area (Å²) in [6.07, 6.45) is 4.78. The Kier molecular flexibility index (Phi) is 3.52. The van der Waals surface area contributed by atoms with Crippen LogP contribution in [0.1, 0.15) is 43.6 Å². The van der Waals surface area contributed by atoms with Gasteiger partial charge in [0.2, 0.25) is 0 Å². The van der Waals surface area contributed by atoms with E-state index < -0.39 is 0 Å². The topological polar surface area (TPSA) is 80.0 Å². The van der Waals surface area contributed by atoms with E-state index in [1.54, 1.807) is 18.3 Å². The predicted molar refractivity (Wildman–Crippen MR) is 70.9 cm³/mol. The molecule has 1 saturated carbocycles. The normalized spacial score (nSPS) is 21.6. The zero-order valence-electron chi connectivity index (χ0n) is 10.9. The minimum absolute atomic E-state index is 0.130. The van der Waals surface area contributed by atoms with Gasteiger partial charge in [-0.15, -0.1) is 0 Å². The van der Waals surface area contributed by atoms with Crippen molar-refractivity contribution in [3.8, 4) is 0 Å². The molecule has 1 aliphatic carbocycles. The van der Waals surface area contributed by atoms with Crippen molar-refractivity contribution < 1.29 is 4.79 Å². The molecule has 1 aromatic heterocycles. The highest BCUT2D eigenvalue weighted by Crippen LogP contribution is 2.36. The molecule has 0 aromatic carbocycles. The number of nitrogens with two attached hydrogens (primary N) is 1. The Morgan fingerprint density at radius 2 is 2.33 bits per heavy atom. The molecule has 1 amide bonds. The van der Waals surface area contributed by atoms with Crippen LogP contribution in [0, 0.1) is 5.41 Å². The van der Waals surface area contributed by atoms with Gasteiger partial charge in [-0.25, -0.2) is 0 Å². The van der Waals surface area contributed by atoms with Gasteiger partial charge in [0, 0.05) is 12.2 Å². The number of amides is 1. The fraction of sp³-hybridized carbons (Fsp3) is 0.538. The zero-order valence-corrected chi connectivity index (χ0v) is 10.9. The molecule has 1 aromatic rings. The number of rotatable bonds is 3. The number of hydrazine groups is 1.